The first-order valence-electron chi connectivity index (χ1n) is 5.80. The van der Waals surface area contributed by atoms with Crippen LogP contribution in [0.1, 0.15) is 5.56 Å². The maximum Gasteiger partial charge on any atom is 0.231 e. The van der Waals surface area contributed by atoms with Gasteiger partial charge in [-0.3, -0.25) is 4.90 Å². The van der Waals surface area contributed by atoms with Gasteiger partial charge in [0.15, 0.2) is 11.5 Å². The molecule has 2 heterocycles. The van der Waals surface area contributed by atoms with E-state index in [9.17, 15) is 10.2 Å². The predicted octanol–water partition coefficient (Wildman–Crippen LogP) is 0.606. The van der Waals surface area contributed by atoms with Crippen LogP contribution in [0, 0.1) is 0 Å². The lowest BCUT2D eigenvalue weighted by molar-refractivity contribution is 0.0572. The molecular formula is C12H14ClNO4. The summed E-state index contributed by atoms with van der Waals surface area (Å²) >= 11 is 6.10. The highest BCUT2D eigenvalue weighted by atomic mass is 35.5. The Kier molecular flexibility index (Phi) is 3.07. The first-order valence-corrected chi connectivity index (χ1v) is 6.18. The predicted molar refractivity (Wildman–Crippen MR) is 64.9 cm³/mol. The normalized spacial score (nSPS) is 26.8. The Bertz CT molecular complexity index is 458. The molecule has 5 nitrogen and oxygen atoms in total. The van der Waals surface area contributed by atoms with Crippen LogP contribution in [0.3, 0.4) is 0 Å². The second kappa shape index (κ2) is 4.59. The van der Waals surface area contributed by atoms with E-state index < -0.39 is 12.2 Å². The summed E-state index contributed by atoms with van der Waals surface area (Å²) in [6.45, 7) is 1.74. The number of aliphatic hydroxyl groups is 2. The topological polar surface area (TPSA) is 62.2 Å². The van der Waals surface area contributed by atoms with Crippen LogP contribution in [-0.2, 0) is 6.54 Å². The van der Waals surface area contributed by atoms with Crippen LogP contribution < -0.4 is 9.47 Å². The molecule has 98 valence electrons. The summed E-state index contributed by atoms with van der Waals surface area (Å²) in [5.74, 6) is 1.24. The van der Waals surface area contributed by atoms with Gasteiger partial charge in [-0.05, 0) is 17.7 Å². The minimum Gasteiger partial charge on any atom is -0.454 e. The van der Waals surface area contributed by atoms with E-state index in [1.54, 1.807) is 0 Å². The number of hydrogen-bond acceptors (Lipinski definition) is 5. The lowest BCUT2D eigenvalue weighted by Gasteiger charge is -2.15. The minimum absolute atomic E-state index is 0.194. The zero-order valence-electron chi connectivity index (χ0n) is 9.67. The zero-order valence-corrected chi connectivity index (χ0v) is 10.4. The second-order valence-electron chi connectivity index (χ2n) is 4.64. The summed E-state index contributed by atoms with van der Waals surface area (Å²) < 4.78 is 10.5. The maximum atomic E-state index is 9.49. The fourth-order valence-corrected chi connectivity index (χ4v) is 2.63. The molecule has 6 heteroatoms. The van der Waals surface area contributed by atoms with E-state index in [2.05, 4.69) is 0 Å². The molecule has 0 radical (unpaired) electrons. The van der Waals surface area contributed by atoms with Gasteiger partial charge in [0.2, 0.25) is 6.79 Å². The van der Waals surface area contributed by atoms with Crippen molar-refractivity contribution in [2.45, 2.75) is 18.8 Å². The molecule has 0 amide bonds. The molecule has 1 fully saturated rings. The highest BCUT2D eigenvalue weighted by molar-refractivity contribution is 6.32. The van der Waals surface area contributed by atoms with Crippen molar-refractivity contribution in [2.24, 2.45) is 0 Å². The van der Waals surface area contributed by atoms with Gasteiger partial charge < -0.3 is 19.7 Å². The Morgan fingerprint density at radius 2 is 1.94 bits per heavy atom. The van der Waals surface area contributed by atoms with E-state index in [1.165, 1.54) is 0 Å². The molecule has 1 aromatic rings. The summed E-state index contributed by atoms with van der Waals surface area (Å²) in [5.41, 5.74) is 0.977. The van der Waals surface area contributed by atoms with Gasteiger partial charge in [-0.15, -0.1) is 0 Å². The van der Waals surface area contributed by atoms with E-state index in [0.717, 1.165) is 5.56 Å². The molecule has 18 heavy (non-hydrogen) atoms. The molecule has 0 aromatic heterocycles. The average Bonchev–Trinajstić information content (AvgIpc) is 2.87. The third-order valence-corrected chi connectivity index (χ3v) is 3.51. The van der Waals surface area contributed by atoms with Crippen molar-refractivity contribution in [2.75, 3.05) is 19.9 Å². The summed E-state index contributed by atoms with van der Waals surface area (Å²) in [6.07, 6.45) is -1.34. The first kappa shape index (κ1) is 12.0. The van der Waals surface area contributed by atoms with E-state index in [0.29, 0.717) is 36.2 Å². The van der Waals surface area contributed by atoms with Gasteiger partial charge in [0, 0.05) is 19.6 Å². The van der Waals surface area contributed by atoms with Crippen LogP contribution in [0.5, 0.6) is 11.5 Å². The number of halogens is 1. The summed E-state index contributed by atoms with van der Waals surface area (Å²) in [4.78, 5) is 1.98. The Balaban J connectivity index is 1.76. The number of β-amino-alcohol motifs (C(OH)–C–C–N with tert-alkyl or cyclic N) is 2. The average molecular weight is 272 g/mol. The molecule has 0 aliphatic carbocycles. The van der Waals surface area contributed by atoms with E-state index in [1.807, 2.05) is 17.0 Å². The molecule has 2 atom stereocenters. The third-order valence-electron chi connectivity index (χ3n) is 3.23. The monoisotopic (exact) mass is 271 g/mol. The minimum atomic E-state index is -0.672. The summed E-state index contributed by atoms with van der Waals surface area (Å²) in [6, 6.07) is 3.71. The number of hydrogen-bond donors (Lipinski definition) is 2. The standard InChI is InChI=1S/C12H14ClNO4/c13-8-1-7(2-11-12(8)18-6-17-11)3-14-4-9(15)10(16)5-14/h1-2,9-10,15-16H,3-6H2. The maximum absolute atomic E-state index is 9.49. The Morgan fingerprint density at radius 3 is 2.67 bits per heavy atom. The van der Waals surface area contributed by atoms with Crippen molar-refractivity contribution < 1.29 is 19.7 Å². The van der Waals surface area contributed by atoms with Crippen LogP contribution in [0.25, 0.3) is 0 Å². The molecule has 2 unspecified atom stereocenters. The largest absolute Gasteiger partial charge is 0.454 e. The van der Waals surface area contributed by atoms with Gasteiger partial charge in [-0.1, -0.05) is 11.6 Å². The van der Waals surface area contributed by atoms with Gasteiger partial charge in [0.1, 0.15) is 0 Å². The number of rotatable bonds is 2. The molecule has 2 aliphatic heterocycles. The van der Waals surface area contributed by atoms with Gasteiger partial charge in [-0.25, -0.2) is 0 Å². The quantitative estimate of drug-likeness (QED) is 0.825. The molecule has 0 saturated carbocycles. The Labute approximate surface area is 109 Å². The molecule has 1 aromatic carbocycles. The van der Waals surface area contributed by atoms with Crippen LogP contribution >= 0.6 is 11.6 Å². The number of nitrogens with zero attached hydrogens (tertiary/aromatic N) is 1. The molecule has 0 bridgehead atoms. The fourth-order valence-electron chi connectivity index (χ4n) is 2.35. The molecule has 0 spiro atoms. The van der Waals surface area contributed by atoms with Gasteiger partial charge in [0.25, 0.3) is 0 Å². The van der Waals surface area contributed by atoms with Crippen molar-refractivity contribution in [1.82, 2.24) is 4.90 Å². The Morgan fingerprint density at radius 1 is 1.22 bits per heavy atom. The number of fused-ring (bicyclic) bond motifs is 1. The van der Waals surface area contributed by atoms with Crippen LogP contribution in [-0.4, -0.2) is 47.2 Å². The fraction of sp³-hybridized carbons (Fsp3) is 0.500. The molecule has 3 rings (SSSR count). The van der Waals surface area contributed by atoms with E-state index in [-0.39, 0.29) is 6.79 Å². The summed E-state index contributed by atoms with van der Waals surface area (Å²) in [7, 11) is 0. The molecule has 2 aliphatic rings. The highest BCUT2D eigenvalue weighted by Crippen LogP contribution is 2.40. The van der Waals surface area contributed by atoms with Crippen LogP contribution in [0.4, 0.5) is 0 Å². The van der Waals surface area contributed by atoms with Crippen molar-refractivity contribution >= 4 is 11.6 Å². The van der Waals surface area contributed by atoms with Gasteiger partial charge in [0.05, 0.1) is 17.2 Å². The number of aliphatic hydroxyl groups excluding tert-OH is 2. The van der Waals surface area contributed by atoms with Crippen LogP contribution in [0.2, 0.25) is 5.02 Å². The van der Waals surface area contributed by atoms with E-state index in [4.69, 9.17) is 21.1 Å². The second-order valence-corrected chi connectivity index (χ2v) is 5.05. The lowest BCUT2D eigenvalue weighted by Crippen LogP contribution is -2.22. The third kappa shape index (κ3) is 2.14. The summed E-state index contributed by atoms with van der Waals surface area (Å²) in [5, 5.41) is 19.5. The van der Waals surface area contributed by atoms with Gasteiger partial charge in [-0.2, -0.15) is 0 Å². The number of benzene rings is 1. The molecule has 1 saturated heterocycles. The molecular weight excluding hydrogens is 258 g/mol. The highest BCUT2D eigenvalue weighted by Gasteiger charge is 2.29. The number of ether oxygens (including phenoxy) is 2. The van der Waals surface area contributed by atoms with Crippen LogP contribution in [0.15, 0.2) is 12.1 Å². The molecule has 2 N–H and O–H groups in total. The van der Waals surface area contributed by atoms with Gasteiger partial charge >= 0.3 is 0 Å². The zero-order chi connectivity index (χ0) is 12.7. The number of likely N-dealkylation sites (tertiary alicyclic amines) is 1. The first-order chi connectivity index (χ1) is 8.63. The van der Waals surface area contributed by atoms with Crippen molar-refractivity contribution in [3.63, 3.8) is 0 Å². The van der Waals surface area contributed by atoms with E-state index >= 15 is 0 Å². The van der Waals surface area contributed by atoms with Crippen molar-refractivity contribution in [3.8, 4) is 11.5 Å². The SMILES string of the molecule is OC1CN(Cc2cc(Cl)c3c(c2)OCO3)CC1O. The smallest absolute Gasteiger partial charge is 0.231 e. The van der Waals surface area contributed by atoms with Crippen molar-refractivity contribution in [1.29, 1.82) is 0 Å². The van der Waals surface area contributed by atoms with Crippen molar-refractivity contribution in [3.05, 3.63) is 22.7 Å². The Hall–Kier alpha value is -1.01. The lowest BCUT2D eigenvalue weighted by atomic mass is 10.2.